The third-order valence-electron chi connectivity index (χ3n) is 5.33. The Labute approximate surface area is 170 Å². The van der Waals surface area contributed by atoms with Crippen molar-refractivity contribution in [2.75, 3.05) is 44.9 Å². The van der Waals surface area contributed by atoms with E-state index >= 15 is 0 Å². The first-order valence-electron chi connectivity index (χ1n) is 9.68. The highest BCUT2D eigenvalue weighted by Crippen LogP contribution is 2.37. The fourth-order valence-electron chi connectivity index (χ4n) is 3.86. The molecule has 8 heteroatoms. The maximum Gasteiger partial charge on any atom is 0.258 e. The van der Waals surface area contributed by atoms with Crippen LogP contribution in [0.4, 0.5) is 5.69 Å². The molecule has 7 nitrogen and oxygen atoms in total. The summed E-state index contributed by atoms with van der Waals surface area (Å²) in [5, 5.41) is 0. The molecule has 2 heterocycles. The Balaban J connectivity index is 1.67. The number of sulfonamides is 1. The summed E-state index contributed by atoms with van der Waals surface area (Å²) in [6.07, 6.45) is 1.72. The molecular formula is C21H24N2O5S. The first kappa shape index (κ1) is 19.9. The maximum atomic E-state index is 13.3. The minimum atomic E-state index is -3.66. The van der Waals surface area contributed by atoms with Crippen LogP contribution in [0.5, 0.6) is 5.75 Å². The molecule has 0 aliphatic carbocycles. The van der Waals surface area contributed by atoms with Gasteiger partial charge < -0.3 is 14.4 Å². The fourth-order valence-corrected chi connectivity index (χ4v) is 5.32. The van der Waals surface area contributed by atoms with E-state index in [1.165, 1.54) is 16.4 Å². The van der Waals surface area contributed by atoms with E-state index in [0.29, 0.717) is 44.2 Å². The topological polar surface area (TPSA) is 76.2 Å². The summed E-state index contributed by atoms with van der Waals surface area (Å²) in [4.78, 5) is 15.1. The molecule has 2 aromatic carbocycles. The molecule has 0 unspecified atom stereocenters. The maximum absolute atomic E-state index is 13.3. The van der Waals surface area contributed by atoms with Crippen molar-refractivity contribution in [3.05, 3.63) is 53.6 Å². The van der Waals surface area contributed by atoms with Crippen molar-refractivity contribution < 1.29 is 22.7 Å². The lowest BCUT2D eigenvalue weighted by molar-refractivity contribution is 0.0730. The molecule has 154 valence electrons. The summed E-state index contributed by atoms with van der Waals surface area (Å²) in [6, 6.07) is 12.0. The molecule has 0 atom stereocenters. The number of rotatable bonds is 4. The van der Waals surface area contributed by atoms with Crippen molar-refractivity contribution in [3.8, 4) is 5.75 Å². The predicted octanol–water partition coefficient (Wildman–Crippen LogP) is 2.31. The van der Waals surface area contributed by atoms with Crippen LogP contribution in [0.2, 0.25) is 0 Å². The highest BCUT2D eigenvalue weighted by Gasteiger charge is 2.30. The van der Waals surface area contributed by atoms with Gasteiger partial charge in [0, 0.05) is 25.2 Å². The Kier molecular flexibility index (Phi) is 5.58. The van der Waals surface area contributed by atoms with Crippen molar-refractivity contribution in [2.24, 2.45) is 0 Å². The van der Waals surface area contributed by atoms with Crippen LogP contribution < -0.4 is 9.64 Å². The first-order chi connectivity index (χ1) is 14.0. The van der Waals surface area contributed by atoms with Crippen LogP contribution in [0.3, 0.4) is 0 Å². The molecule has 0 spiro atoms. The highest BCUT2D eigenvalue weighted by atomic mass is 32.2. The smallest absolute Gasteiger partial charge is 0.258 e. The zero-order valence-corrected chi connectivity index (χ0v) is 17.2. The molecule has 0 radical (unpaired) electrons. The molecule has 2 aliphatic rings. The summed E-state index contributed by atoms with van der Waals surface area (Å²) in [5.41, 5.74) is 2.17. The molecule has 2 aromatic rings. The minimum absolute atomic E-state index is 0.127. The molecular weight excluding hydrogens is 392 g/mol. The van der Waals surface area contributed by atoms with Crippen molar-refractivity contribution in [2.45, 2.75) is 17.7 Å². The predicted molar refractivity (Wildman–Crippen MR) is 109 cm³/mol. The van der Waals surface area contributed by atoms with Crippen LogP contribution >= 0.6 is 0 Å². The Morgan fingerprint density at radius 3 is 2.59 bits per heavy atom. The van der Waals surface area contributed by atoms with E-state index in [1.807, 2.05) is 18.2 Å². The van der Waals surface area contributed by atoms with Gasteiger partial charge in [-0.2, -0.15) is 4.31 Å². The van der Waals surface area contributed by atoms with E-state index < -0.39 is 10.0 Å². The van der Waals surface area contributed by atoms with Gasteiger partial charge in [-0.25, -0.2) is 8.42 Å². The SMILES string of the molecule is COc1cccc2c1N(C(=O)c1cccc(S(=O)(=O)N3CCOCC3)c1)CCC2. The van der Waals surface area contributed by atoms with Gasteiger partial charge in [-0.15, -0.1) is 0 Å². The lowest BCUT2D eigenvalue weighted by Gasteiger charge is -2.31. The van der Waals surface area contributed by atoms with Crippen LogP contribution in [-0.4, -0.2) is 58.6 Å². The first-order valence-corrected chi connectivity index (χ1v) is 11.1. The van der Waals surface area contributed by atoms with Crippen LogP contribution in [0.1, 0.15) is 22.3 Å². The standard InChI is InChI=1S/C21H24N2O5S/c1-27-19-9-3-5-16-7-4-10-23(20(16)19)21(24)17-6-2-8-18(15-17)29(25,26)22-11-13-28-14-12-22/h2-3,5-6,8-9,15H,4,7,10-14H2,1H3. The number of carbonyl (C=O) groups excluding carboxylic acids is 1. The second-order valence-corrected chi connectivity index (χ2v) is 9.01. The summed E-state index contributed by atoms with van der Waals surface area (Å²) < 4.78 is 38.1. The van der Waals surface area contributed by atoms with Gasteiger partial charge in [0.25, 0.3) is 5.91 Å². The number of nitrogens with zero attached hydrogens (tertiary/aromatic N) is 2. The van der Waals surface area contributed by atoms with E-state index in [0.717, 1.165) is 24.1 Å². The molecule has 1 saturated heterocycles. The quantitative estimate of drug-likeness (QED) is 0.765. The Bertz CT molecular complexity index is 1000. The van der Waals surface area contributed by atoms with E-state index in [9.17, 15) is 13.2 Å². The number of benzene rings is 2. The molecule has 2 aliphatic heterocycles. The van der Waals surface area contributed by atoms with Gasteiger partial charge in [0.2, 0.25) is 10.0 Å². The van der Waals surface area contributed by atoms with Gasteiger partial charge >= 0.3 is 0 Å². The molecule has 29 heavy (non-hydrogen) atoms. The molecule has 1 fully saturated rings. The number of anilines is 1. The third-order valence-corrected chi connectivity index (χ3v) is 7.23. The van der Waals surface area contributed by atoms with Crippen molar-refractivity contribution in [3.63, 3.8) is 0 Å². The summed E-state index contributed by atoms with van der Waals surface area (Å²) >= 11 is 0. The number of methoxy groups -OCH3 is 1. The molecule has 0 saturated carbocycles. The Morgan fingerprint density at radius 1 is 1.07 bits per heavy atom. The van der Waals surface area contributed by atoms with Gasteiger partial charge in [-0.1, -0.05) is 18.2 Å². The van der Waals surface area contributed by atoms with Crippen molar-refractivity contribution in [1.82, 2.24) is 4.31 Å². The Morgan fingerprint density at radius 2 is 1.83 bits per heavy atom. The van der Waals surface area contributed by atoms with E-state index in [4.69, 9.17) is 9.47 Å². The van der Waals surface area contributed by atoms with E-state index in [-0.39, 0.29) is 10.8 Å². The monoisotopic (exact) mass is 416 g/mol. The average molecular weight is 416 g/mol. The second-order valence-electron chi connectivity index (χ2n) is 7.07. The van der Waals surface area contributed by atoms with Gasteiger partial charge in [-0.3, -0.25) is 4.79 Å². The number of carbonyl (C=O) groups is 1. The molecule has 4 rings (SSSR count). The number of morpholine rings is 1. The number of fused-ring (bicyclic) bond motifs is 1. The lowest BCUT2D eigenvalue weighted by Crippen LogP contribution is -2.40. The fraction of sp³-hybridized carbons (Fsp3) is 0.381. The summed E-state index contributed by atoms with van der Waals surface area (Å²) in [5.74, 6) is 0.419. The second kappa shape index (κ2) is 8.14. The number of para-hydroxylation sites is 1. The number of ether oxygens (including phenoxy) is 2. The van der Waals surface area contributed by atoms with Crippen molar-refractivity contribution >= 4 is 21.6 Å². The van der Waals surface area contributed by atoms with E-state index in [2.05, 4.69) is 0 Å². The average Bonchev–Trinajstić information content (AvgIpc) is 2.78. The van der Waals surface area contributed by atoms with Crippen LogP contribution in [-0.2, 0) is 21.2 Å². The molecule has 0 bridgehead atoms. The van der Waals surface area contributed by atoms with Gasteiger partial charge in [0.1, 0.15) is 5.75 Å². The minimum Gasteiger partial charge on any atom is -0.495 e. The normalized spacial score (nSPS) is 17.6. The zero-order valence-electron chi connectivity index (χ0n) is 16.3. The number of aryl methyl sites for hydroxylation is 1. The summed E-state index contributed by atoms with van der Waals surface area (Å²) in [7, 11) is -2.08. The number of hydrogen-bond acceptors (Lipinski definition) is 5. The highest BCUT2D eigenvalue weighted by molar-refractivity contribution is 7.89. The lowest BCUT2D eigenvalue weighted by atomic mass is 10.00. The Hall–Kier alpha value is -2.42. The number of amides is 1. The van der Waals surface area contributed by atoms with Gasteiger partial charge in [-0.05, 0) is 42.7 Å². The van der Waals surface area contributed by atoms with Gasteiger partial charge in [0.15, 0.2) is 0 Å². The molecule has 0 aromatic heterocycles. The molecule has 1 amide bonds. The van der Waals surface area contributed by atoms with Crippen LogP contribution in [0, 0.1) is 0 Å². The summed E-state index contributed by atoms with van der Waals surface area (Å²) in [6.45, 7) is 1.95. The largest absolute Gasteiger partial charge is 0.495 e. The zero-order chi connectivity index (χ0) is 20.4. The number of hydrogen-bond donors (Lipinski definition) is 0. The molecule has 0 N–H and O–H groups in total. The van der Waals surface area contributed by atoms with Crippen LogP contribution in [0.15, 0.2) is 47.4 Å². The van der Waals surface area contributed by atoms with E-state index in [1.54, 1.807) is 24.1 Å². The van der Waals surface area contributed by atoms with Crippen LogP contribution in [0.25, 0.3) is 0 Å². The van der Waals surface area contributed by atoms with Crippen molar-refractivity contribution in [1.29, 1.82) is 0 Å². The van der Waals surface area contributed by atoms with Gasteiger partial charge in [0.05, 0.1) is 30.9 Å². The third kappa shape index (κ3) is 3.75.